The molecule has 114 valence electrons. The summed E-state index contributed by atoms with van der Waals surface area (Å²) in [5.41, 5.74) is 1.71. The van der Waals surface area contributed by atoms with Gasteiger partial charge in [-0.25, -0.2) is 13.1 Å². The summed E-state index contributed by atoms with van der Waals surface area (Å²) < 4.78 is 27.5. The molecule has 2 aromatic rings. The van der Waals surface area contributed by atoms with Gasteiger partial charge < -0.3 is 5.32 Å². The summed E-state index contributed by atoms with van der Waals surface area (Å²) >= 11 is 7.60. The molecule has 0 radical (unpaired) electrons. The number of hydrogen-bond acceptors (Lipinski definition) is 4. The molecule has 0 aliphatic rings. The minimum Gasteiger partial charge on any atom is -0.316 e. The van der Waals surface area contributed by atoms with Crippen molar-refractivity contribution in [3.8, 4) is 0 Å². The first-order valence-electron chi connectivity index (χ1n) is 6.41. The molecule has 4 nitrogen and oxygen atoms in total. The van der Waals surface area contributed by atoms with Crippen LogP contribution < -0.4 is 10.0 Å². The lowest BCUT2D eigenvalue weighted by Gasteiger charge is -2.14. The van der Waals surface area contributed by atoms with Crippen molar-refractivity contribution in [1.29, 1.82) is 0 Å². The van der Waals surface area contributed by atoms with Gasteiger partial charge >= 0.3 is 0 Å². The predicted octanol–water partition coefficient (Wildman–Crippen LogP) is 3.16. The number of hydrogen-bond donors (Lipinski definition) is 2. The molecule has 1 unspecified atom stereocenters. The first-order chi connectivity index (χ1) is 9.94. The fraction of sp³-hybridized carbons (Fsp3) is 0.286. The van der Waals surface area contributed by atoms with Gasteiger partial charge in [0.1, 0.15) is 0 Å². The summed E-state index contributed by atoms with van der Waals surface area (Å²) in [5, 5.41) is 7.37. The Morgan fingerprint density at radius 1 is 1.33 bits per heavy atom. The molecule has 2 N–H and O–H groups in total. The van der Waals surface area contributed by atoms with E-state index in [-0.39, 0.29) is 10.9 Å². The van der Waals surface area contributed by atoms with Crippen LogP contribution in [-0.2, 0) is 16.6 Å². The molecule has 0 saturated heterocycles. The highest BCUT2D eigenvalue weighted by Gasteiger charge is 2.19. The van der Waals surface area contributed by atoms with E-state index in [9.17, 15) is 8.42 Å². The summed E-state index contributed by atoms with van der Waals surface area (Å²) in [4.78, 5) is 0.222. The van der Waals surface area contributed by atoms with E-state index in [0.717, 1.165) is 11.1 Å². The first kappa shape index (κ1) is 16.5. The van der Waals surface area contributed by atoms with Gasteiger partial charge in [0.15, 0.2) is 0 Å². The van der Waals surface area contributed by atoms with Crippen LogP contribution in [0, 0.1) is 0 Å². The van der Waals surface area contributed by atoms with Crippen molar-refractivity contribution in [3.63, 3.8) is 0 Å². The van der Waals surface area contributed by atoms with Crippen LogP contribution in [0.5, 0.6) is 0 Å². The molecule has 0 fully saturated rings. The summed E-state index contributed by atoms with van der Waals surface area (Å²) in [6.45, 7) is 2.34. The van der Waals surface area contributed by atoms with Crippen LogP contribution >= 0.6 is 22.9 Å². The Labute approximate surface area is 134 Å². The second-order valence-corrected chi connectivity index (χ2v) is 7.58. The van der Waals surface area contributed by atoms with Crippen molar-refractivity contribution < 1.29 is 8.42 Å². The van der Waals surface area contributed by atoms with Crippen LogP contribution in [0.3, 0.4) is 0 Å². The van der Waals surface area contributed by atoms with Crippen molar-refractivity contribution in [3.05, 3.63) is 51.2 Å². The van der Waals surface area contributed by atoms with Gasteiger partial charge in [0.05, 0.1) is 4.90 Å². The van der Waals surface area contributed by atoms with E-state index < -0.39 is 10.0 Å². The molecule has 0 aliphatic heterocycles. The Morgan fingerprint density at radius 3 is 2.71 bits per heavy atom. The minimum absolute atomic E-state index is 0.222. The van der Waals surface area contributed by atoms with Gasteiger partial charge in [-0.3, -0.25) is 0 Å². The smallest absolute Gasteiger partial charge is 0.241 e. The molecule has 2 rings (SSSR count). The molecule has 0 amide bonds. The highest BCUT2D eigenvalue weighted by molar-refractivity contribution is 7.89. The van der Waals surface area contributed by atoms with Crippen molar-refractivity contribution in [2.24, 2.45) is 0 Å². The Bertz CT molecular complexity index is 700. The zero-order chi connectivity index (χ0) is 15.5. The minimum atomic E-state index is -3.57. The average Bonchev–Trinajstić information content (AvgIpc) is 2.95. The zero-order valence-corrected chi connectivity index (χ0v) is 14.1. The Kier molecular flexibility index (Phi) is 5.40. The highest BCUT2D eigenvalue weighted by Crippen LogP contribution is 2.23. The average molecular weight is 345 g/mol. The standard InChI is InChI=1S/C14H17ClN2O2S2/c1-10(11-5-6-20-9-11)17-21(18,19)13-3-4-14(15)12(7-13)8-16-2/h3-7,9-10,16-17H,8H2,1-2H3. The Hall–Kier alpha value is -0.920. The van der Waals surface area contributed by atoms with E-state index in [1.165, 1.54) is 6.07 Å². The number of benzene rings is 1. The molecular weight excluding hydrogens is 328 g/mol. The molecule has 7 heteroatoms. The van der Waals surface area contributed by atoms with E-state index in [4.69, 9.17) is 11.6 Å². The van der Waals surface area contributed by atoms with Gasteiger partial charge in [0.25, 0.3) is 0 Å². The number of sulfonamides is 1. The van der Waals surface area contributed by atoms with E-state index >= 15 is 0 Å². The molecule has 0 spiro atoms. The van der Waals surface area contributed by atoms with Crippen LogP contribution in [0.25, 0.3) is 0 Å². The molecule has 1 aromatic carbocycles. The van der Waals surface area contributed by atoms with Gasteiger partial charge in [0.2, 0.25) is 10.0 Å². The van der Waals surface area contributed by atoms with Crippen LogP contribution in [-0.4, -0.2) is 15.5 Å². The number of thiophene rings is 1. The fourth-order valence-electron chi connectivity index (χ4n) is 1.93. The SMILES string of the molecule is CNCc1cc(S(=O)(=O)NC(C)c2ccsc2)ccc1Cl. The maximum Gasteiger partial charge on any atom is 0.241 e. The quantitative estimate of drug-likeness (QED) is 0.846. The van der Waals surface area contributed by atoms with Crippen molar-refractivity contribution in [2.45, 2.75) is 24.4 Å². The second kappa shape index (κ2) is 6.89. The van der Waals surface area contributed by atoms with E-state index in [1.807, 2.05) is 23.8 Å². The molecule has 1 heterocycles. The Balaban J connectivity index is 2.25. The van der Waals surface area contributed by atoms with Crippen molar-refractivity contribution in [1.82, 2.24) is 10.0 Å². The predicted molar refractivity (Wildman–Crippen MR) is 87.3 cm³/mol. The van der Waals surface area contributed by atoms with E-state index in [1.54, 1.807) is 30.5 Å². The van der Waals surface area contributed by atoms with Crippen molar-refractivity contribution >= 4 is 33.0 Å². The van der Waals surface area contributed by atoms with Gasteiger partial charge in [0, 0.05) is 17.6 Å². The molecule has 21 heavy (non-hydrogen) atoms. The lowest BCUT2D eigenvalue weighted by Crippen LogP contribution is -2.26. The third-order valence-electron chi connectivity index (χ3n) is 3.07. The van der Waals surface area contributed by atoms with E-state index in [2.05, 4.69) is 10.0 Å². The van der Waals surface area contributed by atoms with Gasteiger partial charge in [-0.15, -0.1) is 0 Å². The number of nitrogens with one attached hydrogen (secondary N) is 2. The molecule has 1 aromatic heterocycles. The summed E-state index contributed by atoms with van der Waals surface area (Å²) in [6, 6.07) is 6.36. The largest absolute Gasteiger partial charge is 0.316 e. The first-order valence-corrected chi connectivity index (χ1v) is 9.22. The third-order valence-corrected chi connectivity index (χ3v) is 5.68. The number of rotatable bonds is 6. The summed E-state index contributed by atoms with van der Waals surface area (Å²) in [7, 11) is -1.79. The number of halogens is 1. The van der Waals surface area contributed by atoms with E-state index in [0.29, 0.717) is 11.6 Å². The zero-order valence-electron chi connectivity index (χ0n) is 11.8. The molecule has 0 saturated carbocycles. The van der Waals surface area contributed by atoms with Crippen molar-refractivity contribution in [2.75, 3.05) is 7.05 Å². The maximum absolute atomic E-state index is 12.4. The monoisotopic (exact) mass is 344 g/mol. The van der Waals surface area contributed by atoms with Gasteiger partial charge in [-0.2, -0.15) is 11.3 Å². The lowest BCUT2D eigenvalue weighted by molar-refractivity contribution is 0.567. The molecule has 0 bridgehead atoms. The molecule has 0 aliphatic carbocycles. The maximum atomic E-state index is 12.4. The van der Waals surface area contributed by atoms with Crippen LogP contribution in [0.1, 0.15) is 24.1 Å². The highest BCUT2D eigenvalue weighted by atomic mass is 35.5. The van der Waals surface area contributed by atoms with Crippen LogP contribution in [0.15, 0.2) is 39.9 Å². The summed E-state index contributed by atoms with van der Waals surface area (Å²) in [6.07, 6.45) is 0. The second-order valence-electron chi connectivity index (χ2n) is 4.68. The normalized spacial score (nSPS) is 13.3. The Morgan fingerprint density at radius 2 is 2.10 bits per heavy atom. The molecular formula is C14H17ClN2O2S2. The molecule has 1 atom stereocenters. The topological polar surface area (TPSA) is 58.2 Å². The van der Waals surface area contributed by atoms with Gasteiger partial charge in [-0.05, 0) is 60.1 Å². The third kappa shape index (κ3) is 4.05. The van der Waals surface area contributed by atoms with Crippen LogP contribution in [0.4, 0.5) is 0 Å². The lowest BCUT2D eigenvalue weighted by atomic mass is 10.2. The van der Waals surface area contributed by atoms with Crippen LogP contribution in [0.2, 0.25) is 5.02 Å². The summed E-state index contributed by atoms with van der Waals surface area (Å²) in [5.74, 6) is 0. The fourth-order valence-corrected chi connectivity index (χ4v) is 4.16. The van der Waals surface area contributed by atoms with Gasteiger partial charge in [-0.1, -0.05) is 11.6 Å².